The Morgan fingerprint density at radius 1 is 0.286 bits per heavy atom. The van der Waals surface area contributed by atoms with Gasteiger partial charge in [0.2, 0.25) is 0 Å². The molecule has 4 radical (unpaired) electrons. The van der Waals surface area contributed by atoms with Crippen LogP contribution in [-0.4, -0.2) is 47.8 Å². The second kappa shape index (κ2) is 63.1. The molecular weight excluding hydrogens is 415 g/mol. The third kappa shape index (κ3) is 48.4. The van der Waals surface area contributed by atoms with Gasteiger partial charge in [0.05, 0.1) is 0 Å². The van der Waals surface area contributed by atoms with Crippen LogP contribution < -0.4 is 0 Å². The second-order valence-corrected chi connectivity index (χ2v) is 0. The van der Waals surface area contributed by atoms with Gasteiger partial charge in [-0.05, 0) is 0 Å². The van der Waals surface area contributed by atoms with E-state index in [-0.39, 0.29) is 110 Å². The third-order valence-electron chi connectivity index (χ3n) is 0. The summed E-state index contributed by atoms with van der Waals surface area (Å²) in [5.41, 5.74) is 0. The molecule has 7 heavy (non-hydrogen) atoms. The summed E-state index contributed by atoms with van der Waals surface area (Å²) < 4.78 is 0. The standard InChI is InChI=1S/5ClH.2Sn.4H/h5*1H;;;;;;. The van der Waals surface area contributed by atoms with E-state index < -0.39 is 0 Å². The van der Waals surface area contributed by atoms with Gasteiger partial charge in [-0.25, -0.2) is 0 Å². The first-order chi connectivity index (χ1) is 0. The van der Waals surface area contributed by atoms with Crippen molar-refractivity contribution in [3.63, 3.8) is 0 Å². The molecule has 0 atom stereocenters. The summed E-state index contributed by atoms with van der Waals surface area (Å²) in [5, 5.41) is 0. The summed E-state index contributed by atoms with van der Waals surface area (Å²) in [6.07, 6.45) is 0. The fourth-order valence-electron chi connectivity index (χ4n) is 0. The molecule has 0 saturated heterocycles. The van der Waals surface area contributed by atoms with Crippen molar-refractivity contribution in [2.75, 3.05) is 0 Å². The van der Waals surface area contributed by atoms with Crippen molar-refractivity contribution >= 4 is 110 Å². The van der Waals surface area contributed by atoms with E-state index in [9.17, 15) is 0 Å². The van der Waals surface area contributed by atoms with E-state index >= 15 is 0 Å². The molecule has 0 aromatic carbocycles. The minimum atomic E-state index is 0. The van der Waals surface area contributed by atoms with Gasteiger partial charge in [-0.2, -0.15) is 0 Å². The Morgan fingerprint density at radius 2 is 0.286 bits per heavy atom. The summed E-state index contributed by atoms with van der Waals surface area (Å²) in [7, 11) is 0. The summed E-state index contributed by atoms with van der Waals surface area (Å²) in [6.45, 7) is 0. The summed E-state index contributed by atoms with van der Waals surface area (Å²) >= 11 is 0. The predicted molar refractivity (Wildman–Crippen MR) is 53.3 cm³/mol. The molecular formula is H9Cl5Sn2. The second-order valence-electron chi connectivity index (χ2n) is 0. The van der Waals surface area contributed by atoms with Crippen LogP contribution in [0.3, 0.4) is 0 Å². The fourth-order valence-corrected chi connectivity index (χ4v) is 0. The number of hydrogen-bond acceptors (Lipinski definition) is 0. The van der Waals surface area contributed by atoms with E-state index in [1.165, 1.54) is 0 Å². The molecule has 0 heterocycles. The maximum absolute atomic E-state index is 0. The molecule has 0 fully saturated rings. The van der Waals surface area contributed by atoms with Crippen molar-refractivity contribution in [3.05, 3.63) is 0 Å². The maximum atomic E-state index is 0. The van der Waals surface area contributed by atoms with Gasteiger partial charge in [0.1, 0.15) is 0 Å². The van der Waals surface area contributed by atoms with E-state index in [2.05, 4.69) is 0 Å². The monoisotopic (exact) mass is 424 g/mol. The van der Waals surface area contributed by atoms with Crippen molar-refractivity contribution in [3.8, 4) is 0 Å². The van der Waals surface area contributed by atoms with Crippen molar-refractivity contribution in [2.45, 2.75) is 0 Å². The first-order valence-electron chi connectivity index (χ1n) is 0. The fraction of sp³-hybridized carbons (Fsp3) is 0. The Labute approximate surface area is 108 Å². The van der Waals surface area contributed by atoms with E-state index in [1.807, 2.05) is 0 Å². The van der Waals surface area contributed by atoms with Gasteiger partial charge >= 0.3 is 47.8 Å². The molecule has 0 nitrogen and oxygen atoms in total. The summed E-state index contributed by atoms with van der Waals surface area (Å²) in [6, 6.07) is 0. The first-order valence-corrected chi connectivity index (χ1v) is 0. The normalized spacial score (nSPS) is 0. The number of rotatable bonds is 0. The van der Waals surface area contributed by atoms with Gasteiger partial charge in [0.25, 0.3) is 0 Å². The zero-order valence-corrected chi connectivity index (χ0v) is 15.6. The number of halogens is 5. The zero-order valence-electron chi connectivity index (χ0n) is 3.46. The Balaban J connectivity index is 0. The topological polar surface area (TPSA) is 0 Å². The molecule has 0 unspecified atom stereocenters. The average Bonchev–Trinajstić information content (AvgIpc) is 0. The average molecular weight is 424 g/mol. The van der Waals surface area contributed by atoms with E-state index in [0.717, 1.165) is 0 Å². The van der Waals surface area contributed by atoms with Crippen molar-refractivity contribution < 1.29 is 0 Å². The molecule has 0 aliphatic rings. The van der Waals surface area contributed by atoms with Gasteiger partial charge in [-0.15, -0.1) is 62.0 Å². The SMILES string of the molecule is Cl.Cl.Cl.Cl.Cl.[SnH2].[SnH2]. The molecule has 0 aromatic heterocycles. The van der Waals surface area contributed by atoms with Gasteiger partial charge in [-0.1, -0.05) is 0 Å². The van der Waals surface area contributed by atoms with E-state index in [1.54, 1.807) is 0 Å². The number of hydrogen-bond donors (Lipinski definition) is 0. The molecule has 0 saturated carbocycles. The van der Waals surface area contributed by atoms with Crippen LogP contribution in [0.1, 0.15) is 0 Å². The van der Waals surface area contributed by atoms with Crippen LogP contribution in [0.2, 0.25) is 0 Å². The molecule has 0 spiro atoms. The van der Waals surface area contributed by atoms with Crippen LogP contribution in [0.25, 0.3) is 0 Å². The molecule has 0 aromatic rings. The molecule has 0 aliphatic heterocycles. The Bertz CT molecular complexity index is 6.04. The van der Waals surface area contributed by atoms with E-state index in [4.69, 9.17) is 0 Å². The van der Waals surface area contributed by atoms with Crippen molar-refractivity contribution in [1.82, 2.24) is 0 Å². The third-order valence-corrected chi connectivity index (χ3v) is 0. The zero-order chi connectivity index (χ0) is 0. The van der Waals surface area contributed by atoms with Crippen LogP contribution in [0, 0.1) is 0 Å². The van der Waals surface area contributed by atoms with Gasteiger partial charge in [0.15, 0.2) is 0 Å². The molecule has 0 bridgehead atoms. The van der Waals surface area contributed by atoms with Crippen LogP contribution in [-0.2, 0) is 0 Å². The van der Waals surface area contributed by atoms with Crippen LogP contribution in [0.4, 0.5) is 0 Å². The molecule has 0 aliphatic carbocycles. The Morgan fingerprint density at radius 3 is 0.286 bits per heavy atom. The van der Waals surface area contributed by atoms with Crippen LogP contribution >= 0.6 is 62.0 Å². The Kier molecular flexibility index (Phi) is 798. The summed E-state index contributed by atoms with van der Waals surface area (Å²) in [5.74, 6) is 0. The molecule has 52 valence electrons. The Hall–Kier alpha value is 3.05. The van der Waals surface area contributed by atoms with Gasteiger partial charge in [-0.3, -0.25) is 0 Å². The molecule has 0 amide bonds. The molecule has 0 N–H and O–H groups in total. The van der Waals surface area contributed by atoms with Crippen molar-refractivity contribution in [2.24, 2.45) is 0 Å². The first kappa shape index (κ1) is 88.6. The van der Waals surface area contributed by atoms with Crippen LogP contribution in [0.15, 0.2) is 0 Å². The predicted octanol–water partition coefficient (Wildman–Crippen LogP) is 0.277. The summed E-state index contributed by atoms with van der Waals surface area (Å²) in [4.78, 5) is 0. The molecule has 0 rings (SSSR count). The van der Waals surface area contributed by atoms with Gasteiger partial charge < -0.3 is 0 Å². The minimum absolute atomic E-state index is 0. The molecule has 7 heteroatoms. The van der Waals surface area contributed by atoms with E-state index in [0.29, 0.717) is 0 Å². The quantitative estimate of drug-likeness (QED) is 0.491. The van der Waals surface area contributed by atoms with Gasteiger partial charge in [0, 0.05) is 0 Å². The van der Waals surface area contributed by atoms with Crippen LogP contribution in [0.5, 0.6) is 0 Å². The van der Waals surface area contributed by atoms with Crippen molar-refractivity contribution in [1.29, 1.82) is 0 Å².